The first-order valence-electron chi connectivity index (χ1n) is 8.43. The Morgan fingerprint density at radius 2 is 1.71 bits per heavy atom. The Labute approximate surface area is 143 Å². The number of carbonyl (C=O) groups is 2. The van der Waals surface area contributed by atoms with Gasteiger partial charge in [-0.25, -0.2) is 0 Å². The number of carboxylic acid groups (broad SMARTS) is 2. The van der Waals surface area contributed by atoms with Crippen LogP contribution in [0, 0.1) is 5.92 Å². The van der Waals surface area contributed by atoms with E-state index in [9.17, 15) is 14.7 Å². The van der Waals surface area contributed by atoms with Crippen molar-refractivity contribution in [3.63, 3.8) is 0 Å². The number of nitrogens with one attached hydrogen (secondary N) is 1. The van der Waals surface area contributed by atoms with Gasteiger partial charge in [-0.15, -0.1) is 0 Å². The van der Waals surface area contributed by atoms with Gasteiger partial charge in [0, 0.05) is 0 Å². The van der Waals surface area contributed by atoms with Crippen molar-refractivity contribution < 1.29 is 29.9 Å². The van der Waals surface area contributed by atoms with Gasteiger partial charge in [0.1, 0.15) is 11.6 Å². The third kappa shape index (κ3) is 9.87. The molecule has 0 aromatic heterocycles. The number of aliphatic carboxylic acids is 2. The van der Waals surface area contributed by atoms with Gasteiger partial charge in [0.15, 0.2) is 0 Å². The van der Waals surface area contributed by atoms with Crippen molar-refractivity contribution in [1.82, 2.24) is 5.32 Å². The minimum Gasteiger partial charge on any atom is -0.480 e. The molecule has 24 heavy (non-hydrogen) atoms. The van der Waals surface area contributed by atoms with Gasteiger partial charge in [-0.3, -0.25) is 9.59 Å². The normalized spacial score (nSPS) is 15.1. The minimum atomic E-state index is -1.39. The molecule has 0 bridgehead atoms. The van der Waals surface area contributed by atoms with Gasteiger partial charge in [-0.2, -0.15) is 0 Å². The fraction of sp³-hybridized carbons (Fsp3) is 0.867. The van der Waals surface area contributed by atoms with Crippen molar-refractivity contribution in [2.45, 2.75) is 70.3 Å². The lowest BCUT2D eigenvalue weighted by atomic mass is 9.81. The van der Waals surface area contributed by atoms with Crippen LogP contribution in [0.25, 0.3) is 0 Å². The van der Waals surface area contributed by atoms with E-state index in [1.54, 1.807) is 0 Å². The van der Waals surface area contributed by atoms with E-state index in [4.69, 9.17) is 20.9 Å². The number of hydrogen-bond donors (Lipinski definition) is 6. The van der Waals surface area contributed by atoms with Crippen LogP contribution in [0.3, 0.4) is 0 Å². The highest BCUT2D eigenvalue weighted by molar-refractivity contribution is 6.40. The van der Waals surface area contributed by atoms with Crippen LogP contribution in [0.5, 0.6) is 0 Å². The number of hydrogen-bond acceptors (Lipinski definition) is 6. The molecule has 8 nitrogen and oxygen atoms in total. The van der Waals surface area contributed by atoms with Crippen molar-refractivity contribution in [2.75, 3.05) is 6.54 Å². The Bertz CT molecular complexity index is 394. The smallest absolute Gasteiger partial charge is 0.451 e. The highest BCUT2D eigenvalue weighted by Gasteiger charge is 2.32. The summed E-state index contributed by atoms with van der Waals surface area (Å²) in [6.07, 6.45) is 2.58. The second kappa shape index (κ2) is 11.4. The molecule has 0 rings (SSSR count). The van der Waals surface area contributed by atoms with Crippen molar-refractivity contribution in [1.29, 1.82) is 0 Å². The molecule has 0 saturated carbocycles. The van der Waals surface area contributed by atoms with E-state index in [0.29, 0.717) is 32.2 Å². The predicted molar refractivity (Wildman–Crippen MR) is 91.5 cm³/mol. The highest BCUT2D eigenvalue weighted by atomic mass is 16.4. The predicted octanol–water partition coefficient (Wildman–Crippen LogP) is 0.281. The zero-order chi connectivity index (χ0) is 18.8. The summed E-state index contributed by atoms with van der Waals surface area (Å²) >= 11 is 0. The zero-order valence-corrected chi connectivity index (χ0v) is 14.6. The van der Waals surface area contributed by atoms with E-state index in [2.05, 4.69) is 5.32 Å². The van der Waals surface area contributed by atoms with Crippen LogP contribution in [0.15, 0.2) is 0 Å². The first kappa shape index (κ1) is 22.8. The van der Waals surface area contributed by atoms with Gasteiger partial charge in [0.2, 0.25) is 0 Å². The molecule has 0 aliphatic carbocycles. The molecule has 0 spiro atoms. The Hall–Kier alpha value is -1.16. The standard InChI is InChI=1S/C15H31BN2O6/c1-11(2)10-12(13(19)20)18-9-5-7-15(17,14(21)22)6-3-4-8-16(23)24/h11-12,18,23-24H,3-10,17H2,1-2H3,(H,19,20)(H,21,22)/t12?,15-/m0/s1. The number of rotatable bonds is 14. The van der Waals surface area contributed by atoms with E-state index in [0.717, 1.165) is 0 Å². The molecule has 9 heteroatoms. The molecule has 0 fully saturated rings. The summed E-state index contributed by atoms with van der Waals surface area (Å²) in [5, 5.41) is 38.9. The first-order valence-corrected chi connectivity index (χ1v) is 8.43. The van der Waals surface area contributed by atoms with Crippen molar-refractivity contribution in [3.8, 4) is 0 Å². The van der Waals surface area contributed by atoms with Crippen molar-refractivity contribution in [2.24, 2.45) is 11.7 Å². The van der Waals surface area contributed by atoms with Crippen LogP contribution in [-0.4, -0.2) is 57.4 Å². The molecule has 1 unspecified atom stereocenters. The molecule has 0 aliphatic heterocycles. The van der Waals surface area contributed by atoms with E-state index in [-0.39, 0.29) is 25.1 Å². The maximum atomic E-state index is 11.4. The molecule has 2 atom stereocenters. The Morgan fingerprint density at radius 3 is 2.17 bits per heavy atom. The number of unbranched alkanes of at least 4 members (excludes halogenated alkanes) is 1. The summed E-state index contributed by atoms with van der Waals surface area (Å²) in [6, 6.07) is -0.645. The van der Waals surface area contributed by atoms with E-state index in [1.165, 1.54) is 0 Å². The molecular weight excluding hydrogens is 315 g/mol. The molecule has 0 aliphatic rings. The van der Waals surface area contributed by atoms with Gasteiger partial charge in [0.05, 0.1) is 0 Å². The Kier molecular flexibility index (Phi) is 10.9. The van der Waals surface area contributed by atoms with E-state index < -0.39 is 30.6 Å². The van der Waals surface area contributed by atoms with Crippen LogP contribution in [0.4, 0.5) is 0 Å². The average Bonchev–Trinajstić information content (AvgIpc) is 2.45. The monoisotopic (exact) mass is 346 g/mol. The van der Waals surface area contributed by atoms with Crippen molar-refractivity contribution in [3.05, 3.63) is 0 Å². The molecule has 0 radical (unpaired) electrons. The second-order valence-corrected chi connectivity index (χ2v) is 6.77. The third-order valence-electron chi connectivity index (χ3n) is 3.96. The lowest BCUT2D eigenvalue weighted by Gasteiger charge is -2.25. The maximum Gasteiger partial charge on any atom is 0.451 e. The Morgan fingerprint density at radius 1 is 1.12 bits per heavy atom. The first-order chi connectivity index (χ1) is 11.1. The lowest BCUT2D eigenvalue weighted by Crippen LogP contribution is -2.48. The fourth-order valence-corrected chi connectivity index (χ4v) is 2.53. The average molecular weight is 346 g/mol. The summed E-state index contributed by atoms with van der Waals surface area (Å²) < 4.78 is 0. The second-order valence-electron chi connectivity index (χ2n) is 6.77. The maximum absolute atomic E-state index is 11.4. The molecule has 140 valence electrons. The Balaban J connectivity index is 4.28. The topological polar surface area (TPSA) is 153 Å². The van der Waals surface area contributed by atoms with Crippen LogP contribution >= 0.6 is 0 Å². The molecule has 0 aromatic rings. The molecule has 0 heterocycles. The summed E-state index contributed by atoms with van der Waals surface area (Å²) in [7, 11) is -1.39. The largest absolute Gasteiger partial charge is 0.480 e. The summed E-state index contributed by atoms with van der Waals surface area (Å²) in [4.78, 5) is 22.5. The van der Waals surface area contributed by atoms with Gasteiger partial charge in [0.25, 0.3) is 0 Å². The number of nitrogens with two attached hydrogens (primary N) is 1. The molecule has 0 aromatic carbocycles. The van der Waals surface area contributed by atoms with E-state index in [1.807, 2.05) is 13.8 Å². The van der Waals surface area contributed by atoms with Gasteiger partial charge in [-0.1, -0.05) is 26.7 Å². The lowest BCUT2D eigenvalue weighted by molar-refractivity contribution is -0.144. The zero-order valence-electron chi connectivity index (χ0n) is 14.6. The minimum absolute atomic E-state index is 0.187. The molecular formula is C15H31BN2O6. The van der Waals surface area contributed by atoms with Crippen LogP contribution in [0.2, 0.25) is 6.32 Å². The fourth-order valence-electron chi connectivity index (χ4n) is 2.53. The quantitative estimate of drug-likeness (QED) is 0.194. The molecule has 0 saturated heterocycles. The summed E-state index contributed by atoms with van der Waals surface area (Å²) in [5.41, 5.74) is 4.57. The highest BCUT2D eigenvalue weighted by Crippen LogP contribution is 2.19. The third-order valence-corrected chi connectivity index (χ3v) is 3.96. The molecule has 0 amide bonds. The van der Waals surface area contributed by atoms with Crippen LogP contribution < -0.4 is 11.1 Å². The van der Waals surface area contributed by atoms with Crippen LogP contribution in [0.1, 0.15) is 52.4 Å². The van der Waals surface area contributed by atoms with Gasteiger partial charge >= 0.3 is 19.1 Å². The summed E-state index contributed by atoms with van der Waals surface area (Å²) in [5.74, 6) is -1.76. The number of carboxylic acids is 2. The van der Waals surface area contributed by atoms with Crippen molar-refractivity contribution >= 4 is 19.1 Å². The SMILES string of the molecule is CC(C)CC(NCCC[C@@](N)(CCCCB(O)O)C(=O)O)C(=O)O. The van der Waals surface area contributed by atoms with Crippen LogP contribution in [-0.2, 0) is 9.59 Å². The summed E-state index contributed by atoms with van der Waals surface area (Å²) in [6.45, 7) is 4.26. The van der Waals surface area contributed by atoms with E-state index >= 15 is 0 Å². The van der Waals surface area contributed by atoms with Gasteiger partial charge < -0.3 is 31.3 Å². The van der Waals surface area contributed by atoms with Gasteiger partial charge in [-0.05, 0) is 44.5 Å². The molecule has 7 N–H and O–H groups in total.